The van der Waals surface area contributed by atoms with Crippen LogP contribution in [0.2, 0.25) is 0 Å². The second-order valence-electron chi connectivity index (χ2n) is 19.1. The van der Waals surface area contributed by atoms with Gasteiger partial charge in [0.2, 0.25) is 0 Å². The lowest BCUT2D eigenvalue weighted by atomic mass is 9.67. The van der Waals surface area contributed by atoms with Crippen LogP contribution in [0.3, 0.4) is 0 Å². The smallest absolute Gasteiger partial charge is 0.135 e. The van der Waals surface area contributed by atoms with E-state index in [9.17, 15) is 0 Å². The summed E-state index contributed by atoms with van der Waals surface area (Å²) >= 11 is 0. The van der Waals surface area contributed by atoms with Crippen LogP contribution >= 0.6 is 0 Å². The molecule has 4 unspecified atom stereocenters. The van der Waals surface area contributed by atoms with E-state index in [4.69, 9.17) is 4.42 Å². The van der Waals surface area contributed by atoms with Gasteiger partial charge in [0.05, 0.1) is 5.69 Å². The molecule has 2 fully saturated rings. The quantitative estimate of drug-likeness (QED) is 0.159. The molecule has 2 saturated carbocycles. The zero-order chi connectivity index (χ0) is 42.4. The molecule has 8 aromatic rings. The van der Waals surface area contributed by atoms with Gasteiger partial charge in [-0.15, -0.1) is 0 Å². The van der Waals surface area contributed by atoms with Crippen LogP contribution in [0.1, 0.15) is 63.0 Å². The highest BCUT2D eigenvalue weighted by Crippen LogP contribution is 2.66. The Kier molecular flexibility index (Phi) is 8.73. The molecule has 0 aliphatic heterocycles. The third-order valence-corrected chi connectivity index (χ3v) is 15.6. The SMILES string of the molecule is CC1C=c2oc3ccccc3c2=C(C2=CC(N(c3ccc4c(c3)-c3ccccc3C43CC4CCC3C4)c3ccccc3-c3ccccc3-c3ccccc3-c3ccccc3)=CCC2)C1. The van der Waals surface area contributed by atoms with Crippen LogP contribution in [-0.2, 0) is 5.41 Å². The first-order valence-corrected chi connectivity index (χ1v) is 23.6. The van der Waals surface area contributed by atoms with E-state index in [1.807, 2.05) is 0 Å². The highest BCUT2D eigenvalue weighted by atomic mass is 16.3. The van der Waals surface area contributed by atoms with Crippen LogP contribution in [0.4, 0.5) is 11.4 Å². The fourth-order valence-electron chi connectivity index (χ4n) is 13.0. The van der Waals surface area contributed by atoms with Crippen molar-refractivity contribution >= 4 is 34.0 Å². The number of hydrogen-bond donors (Lipinski definition) is 0. The van der Waals surface area contributed by atoms with Crippen LogP contribution in [-0.4, -0.2) is 0 Å². The topological polar surface area (TPSA) is 16.4 Å². The largest absolute Gasteiger partial charge is 0.456 e. The van der Waals surface area contributed by atoms with Crippen molar-refractivity contribution in [2.75, 3.05) is 4.90 Å². The Morgan fingerprint density at radius 2 is 1.28 bits per heavy atom. The number of fused-ring (bicyclic) bond motifs is 11. The van der Waals surface area contributed by atoms with Crippen molar-refractivity contribution in [3.05, 3.63) is 215 Å². The van der Waals surface area contributed by atoms with E-state index in [2.05, 4.69) is 200 Å². The summed E-state index contributed by atoms with van der Waals surface area (Å²) in [4.78, 5) is 2.59. The number of para-hydroxylation sites is 2. The summed E-state index contributed by atoms with van der Waals surface area (Å²) in [7, 11) is 0. The number of anilines is 2. The lowest BCUT2D eigenvalue weighted by Crippen LogP contribution is -2.31. The zero-order valence-corrected chi connectivity index (χ0v) is 36.4. The van der Waals surface area contributed by atoms with E-state index in [1.165, 1.54) is 109 Å². The van der Waals surface area contributed by atoms with Gasteiger partial charge in [-0.2, -0.15) is 0 Å². The first kappa shape index (κ1) is 37.6. The van der Waals surface area contributed by atoms with E-state index in [-0.39, 0.29) is 5.41 Å². The molecule has 4 atom stereocenters. The van der Waals surface area contributed by atoms with Crippen LogP contribution in [0.25, 0.3) is 67.1 Å². The Labute approximate surface area is 376 Å². The Balaban J connectivity index is 1.03. The molecule has 5 aliphatic carbocycles. The monoisotopic (exact) mass is 825 g/mol. The molecule has 0 amide bonds. The molecule has 2 nitrogen and oxygen atoms in total. The van der Waals surface area contributed by atoms with Gasteiger partial charge < -0.3 is 9.32 Å². The lowest BCUT2D eigenvalue weighted by molar-refractivity contribution is 0.327. The van der Waals surface area contributed by atoms with Crippen molar-refractivity contribution < 1.29 is 4.42 Å². The Morgan fingerprint density at radius 1 is 0.609 bits per heavy atom. The summed E-state index contributed by atoms with van der Waals surface area (Å²) < 4.78 is 6.54. The van der Waals surface area contributed by atoms with Crippen molar-refractivity contribution in [1.82, 2.24) is 0 Å². The highest BCUT2D eigenvalue weighted by Gasteiger charge is 2.56. The number of hydrogen-bond acceptors (Lipinski definition) is 2. The van der Waals surface area contributed by atoms with Crippen LogP contribution < -0.4 is 15.5 Å². The van der Waals surface area contributed by atoms with Gasteiger partial charge in [0.1, 0.15) is 11.0 Å². The van der Waals surface area contributed by atoms with E-state index < -0.39 is 0 Å². The van der Waals surface area contributed by atoms with Crippen LogP contribution in [0, 0.1) is 17.8 Å². The molecular formula is C62H51NO. The number of furan rings is 1. The Bertz CT molecular complexity index is 3360. The van der Waals surface area contributed by atoms with Gasteiger partial charge in [-0.25, -0.2) is 0 Å². The van der Waals surface area contributed by atoms with E-state index in [0.717, 1.165) is 42.1 Å². The molecule has 2 bridgehead atoms. The summed E-state index contributed by atoms with van der Waals surface area (Å²) in [5.41, 5.74) is 21.9. The summed E-state index contributed by atoms with van der Waals surface area (Å²) in [6, 6.07) is 63.4. The average Bonchev–Trinajstić information content (AvgIpc) is 4.13. The van der Waals surface area contributed by atoms with Crippen molar-refractivity contribution in [2.24, 2.45) is 17.8 Å². The number of rotatable bonds is 7. The number of allylic oxidation sites excluding steroid dienone is 3. The predicted molar refractivity (Wildman–Crippen MR) is 266 cm³/mol. The average molecular weight is 826 g/mol. The fraction of sp³-hybridized carbons (Fsp3) is 0.194. The molecule has 2 heteroatoms. The van der Waals surface area contributed by atoms with Crippen molar-refractivity contribution in [3.8, 4) is 44.5 Å². The van der Waals surface area contributed by atoms with Gasteiger partial charge in [-0.3, -0.25) is 0 Å². The summed E-state index contributed by atoms with van der Waals surface area (Å²) in [5.74, 6) is 1.95. The van der Waals surface area contributed by atoms with E-state index in [0.29, 0.717) is 5.92 Å². The highest BCUT2D eigenvalue weighted by molar-refractivity contribution is 5.97. The molecule has 5 aliphatic rings. The fourth-order valence-corrected chi connectivity index (χ4v) is 13.0. The maximum absolute atomic E-state index is 6.54. The molecule has 0 saturated heterocycles. The summed E-state index contributed by atoms with van der Waals surface area (Å²) in [6.45, 7) is 2.33. The first-order valence-electron chi connectivity index (χ1n) is 23.6. The summed E-state index contributed by atoms with van der Waals surface area (Å²) in [6.07, 6.45) is 15.7. The first-order chi connectivity index (χ1) is 31.6. The normalized spacial score (nSPS) is 21.6. The van der Waals surface area contributed by atoms with Gasteiger partial charge in [0.25, 0.3) is 0 Å². The van der Waals surface area contributed by atoms with Gasteiger partial charge in [0, 0.05) is 33.0 Å². The number of benzene rings is 7. The molecule has 1 aromatic heterocycles. The minimum absolute atomic E-state index is 0.134. The predicted octanol–water partition coefficient (Wildman–Crippen LogP) is 14.9. The van der Waals surface area contributed by atoms with Crippen molar-refractivity contribution in [1.29, 1.82) is 0 Å². The van der Waals surface area contributed by atoms with E-state index >= 15 is 0 Å². The second-order valence-corrected chi connectivity index (χ2v) is 19.1. The Hall–Kier alpha value is -6.90. The minimum atomic E-state index is 0.134. The molecule has 64 heavy (non-hydrogen) atoms. The van der Waals surface area contributed by atoms with Crippen molar-refractivity contribution in [3.63, 3.8) is 0 Å². The molecule has 310 valence electrons. The Morgan fingerprint density at radius 3 is 2.08 bits per heavy atom. The maximum atomic E-state index is 6.54. The maximum Gasteiger partial charge on any atom is 0.135 e. The van der Waals surface area contributed by atoms with Crippen molar-refractivity contribution in [2.45, 2.75) is 57.3 Å². The third-order valence-electron chi connectivity index (χ3n) is 15.6. The second kappa shape index (κ2) is 14.8. The molecular weight excluding hydrogens is 775 g/mol. The van der Waals surface area contributed by atoms with Crippen LogP contribution in [0.5, 0.6) is 0 Å². The molecule has 0 radical (unpaired) electrons. The summed E-state index contributed by atoms with van der Waals surface area (Å²) in [5, 5.41) is 2.50. The third kappa shape index (κ3) is 5.78. The molecule has 7 aromatic carbocycles. The van der Waals surface area contributed by atoms with E-state index in [1.54, 1.807) is 11.1 Å². The standard InChI is InChI=1S/C62H51NO/c1-40-34-54(61-53-26-11-14-29-59(53)64-60(61)35-40)43-18-15-19-45(37-43)63(46-32-33-57-55(38-46)51-24-9-12-27-56(51)62(57)39-41-30-31-44(62)36-41)58-28-13-10-25-52(58)50-23-8-7-22-49(50)48-21-6-5-20-47(48)42-16-3-2-4-17-42/h2-14,16-17,19-29,32-33,35,37-38,40-41,44H,15,18,30-31,34,36,39H2,1H3. The van der Waals surface area contributed by atoms with Gasteiger partial charge in [0.15, 0.2) is 0 Å². The molecule has 1 heterocycles. The number of nitrogens with zero attached hydrogens (tertiary/aromatic N) is 1. The van der Waals surface area contributed by atoms with Gasteiger partial charge >= 0.3 is 0 Å². The molecule has 13 rings (SSSR count). The molecule has 0 N–H and O–H groups in total. The lowest BCUT2D eigenvalue weighted by Gasteiger charge is -2.37. The molecule has 1 spiro atoms. The van der Waals surface area contributed by atoms with Gasteiger partial charge in [-0.05, 0) is 154 Å². The minimum Gasteiger partial charge on any atom is -0.456 e. The van der Waals surface area contributed by atoms with Gasteiger partial charge in [-0.1, -0.05) is 165 Å². The zero-order valence-electron chi connectivity index (χ0n) is 36.4. The van der Waals surface area contributed by atoms with Crippen LogP contribution in [0.15, 0.2) is 198 Å².